The van der Waals surface area contributed by atoms with Crippen LogP contribution in [-0.4, -0.2) is 14.2 Å². The van der Waals surface area contributed by atoms with Crippen molar-refractivity contribution in [1.29, 1.82) is 0 Å². The minimum absolute atomic E-state index is 0.905. The summed E-state index contributed by atoms with van der Waals surface area (Å²) in [6, 6.07) is 45.4. The molecular weight excluding hydrogens is 526 g/mol. The van der Waals surface area contributed by atoms with Gasteiger partial charge in [-0.3, -0.25) is 0 Å². The van der Waals surface area contributed by atoms with Crippen molar-refractivity contribution in [1.82, 2.24) is 0 Å². The molecule has 0 bridgehead atoms. The summed E-state index contributed by atoms with van der Waals surface area (Å²) >= 11 is 0. The van der Waals surface area contributed by atoms with E-state index in [2.05, 4.69) is 132 Å². The molecule has 3 heteroatoms. The van der Waals surface area contributed by atoms with Gasteiger partial charge in [-0.25, -0.2) is 0 Å². The third-order valence-corrected chi connectivity index (χ3v) is 9.09. The first kappa shape index (κ1) is 24.1. The fourth-order valence-electron chi connectivity index (χ4n) is 7.48. The molecule has 3 nitrogen and oxygen atoms in total. The van der Waals surface area contributed by atoms with Crippen LogP contribution in [0.25, 0.3) is 64.6 Å². The Morgan fingerprint density at radius 2 is 0.814 bits per heavy atom. The van der Waals surface area contributed by atoms with Gasteiger partial charge in [0.15, 0.2) is 0 Å². The third-order valence-electron chi connectivity index (χ3n) is 9.09. The molecule has 0 unspecified atom stereocenters. The molecule has 9 aromatic rings. The van der Waals surface area contributed by atoms with Crippen molar-refractivity contribution in [3.8, 4) is 11.5 Å². The van der Waals surface area contributed by atoms with E-state index >= 15 is 0 Å². The number of hydrogen-bond acceptors (Lipinski definition) is 3. The molecule has 0 heterocycles. The molecule has 0 atom stereocenters. The highest BCUT2D eigenvalue weighted by molar-refractivity contribution is 6.43. The quantitative estimate of drug-likeness (QED) is 0.212. The zero-order valence-electron chi connectivity index (χ0n) is 23.9. The largest absolute Gasteiger partial charge is 0.495 e. The van der Waals surface area contributed by atoms with Crippen molar-refractivity contribution in [3.05, 3.63) is 127 Å². The number of hydrogen-bond donors (Lipinski definition) is 0. The van der Waals surface area contributed by atoms with Crippen LogP contribution in [0.4, 0.5) is 17.1 Å². The van der Waals surface area contributed by atoms with Gasteiger partial charge in [-0.15, -0.1) is 0 Å². The molecular formula is C40H27NO2. The molecule has 0 spiro atoms. The second kappa shape index (κ2) is 8.98. The lowest BCUT2D eigenvalue weighted by molar-refractivity contribution is 0.418. The fraction of sp³-hybridized carbons (Fsp3) is 0.0500. The molecule has 204 valence electrons. The number of nitrogens with zero attached hydrogens (tertiary/aromatic N) is 1. The maximum Gasteiger partial charge on any atom is 0.136 e. The highest BCUT2D eigenvalue weighted by Crippen LogP contribution is 2.56. The van der Waals surface area contributed by atoms with Crippen LogP contribution in [0.3, 0.4) is 0 Å². The van der Waals surface area contributed by atoms with Gasteiger partial charge in [0.05, 0.1) is 19.9 Å². The molecule has 9 rings (SSSR count). The summed E-state index contributed by atoms with van der Waals surface area (Å²) in [6.07, 6.45) is 0. The number of benzene rings is 7. The number of rotatable bonds is 5. The van der Waals surface area contributed by atoms with E-state index in [-0.39, 0.29) is 0 Å². The van der Waals surface area contributed by atoms with E-state index in [0.717, 1.165) is 50.1 Å². The molecule has 43 heavy (non-hydrogen) atoms. The van der Waals surface area contributed by atoms with Gasteiger partial charge in [0.1, 0.15) is 11.5 Å². The Balaban J connectivity index is 1.47. The van der Waals surface area contributed by atoms with Crippen LogP contribution < -0.4 is 14.4 Å². The van der Waals surface area contributed by atoms with Crippen molar-refractivity contribution in [2.45, 2.75) is 0 Å². The van der Waals surface area contributed by atoms with E-state index in [9.17, 15) is 0 Å². The predicted octanol–water partition coefficient (Wildman–Crippen LogP) is 11.0. The molecule has 0 fully saturated rings. The van der Waals surface area contributed by atoms with Crippen molar-refractivity contribution < 1.29 is 9.47 Å². The Bertz CT molecular complexity index is 2340. The molecule has 0 aliphatic rings. The van der Waals surface area contributed by atoms with Gasteiger partial charge in [0.2, 0.25) is 0 Å². The number of anilines is 3. The van der Waals surface area contributed by atoms with Crippen molar-refractivity contribution >= 4 is 81.7 Å². The first-order chi connectivity index (χ1) is 21.3. The molecule has 0 aromatic heterocycles. The minimum Gasteiger partial charge on any atom is -0.495 e. The molecule has 0 saturated heterocycles. The molecule has 0 saturated carbocycles. The van der Waals surface area contributed by atoms with Crippen LogP contribution in [-0.2, 0) is 0 Å². The normalized spacial score (nSPS) is 12.0. The summed E-state index contributed by atoms with van der Waals surface area (Å²) in [5, 5.41) is 14.1. The number of fused-ring (bicyclic) bond motifs is 6. The van der Waals surface area contributed by atoms with E-state index in [1.54, 1.807) is 14.2 Å². The smallest absolute Gasteiger partial charge is 0.136 e. The fourth-order valence-corrected chi connectivity index (χ4v) is 7.48. The second-order valence-corrected chi connectivity index (χ2v) is 11.1. The number of methoxy groups -OCH3 is 2. The maximum atomic E-state index is 6.37. The van der Waals surface area contributed by atoms with Gasteiger partial charge in [-0.1, -0.05) is 97.1 Å². The summed E-state index contributed by atoms with van der Waals surface area (Å²) in [4.78, 5) is 2.34. The highest BCUT2D eigenvalue weighted by atomic mass is 16.5. The van der Waals surface area contributed by atoms with Crippen LogP contribution in [0.15, 0.2) is 127 Å². The van der Waals surface area contributed by atoms with Crippen molar-refractivity contribution in [3.63, 3.8) is 0 Å². The van der Waals surface area contributed by atoms with Crippen LogP contribution in [0.5, 0.6) is 11.5 Å². The number of para-hydroxylation sites is 2. The highest BCUT2D eigenvalue weighted by Gasteiger charge is 2.28. The average Bonchev–Trinajstić information content (AvgIpc) is 3.58. The molecule has 0 N–H and O–H groups in total. The first-order valence-electron chi connectivity index (χ1n) is 14.6. The Labute approximate surface area is 248 Å². The van der Waals surface area contributed by atoms with Gasteiger partial charge >= 0.3 is 0 Å². The molecule has 9 aromatic carbocycles. The van der Waals surface area contributed by atoms with E-state index < -0.39 is 0 Å². The monoisotopic (exact) mass is 553 g/mol. The van der Waals surface area contributed by atoms with E-state index in [0.29, 0.717) is 0 Å². The van der Waals surface area contributed by atoms with Crippen LogP contribution >= 0.6 is 0 Å². The lowest BCUT2D eigenvalue weighted by Gasteiger charge is -2.27. The van der Waals surface area contributed by atoms with E-state index in [1.807, 2.05) is 0 Å². The van der Waals surface area contributed by atoms with Crippen LogP contribution in [0, 0.1) is 0 Å². The first-order valence-corrected chi connectivity index (χ1v) is 14.6. The molecule has 0 radical (unpaired) electrons. The van der Waals surface area contributed by atoms with E-state index in [1.165, 1.54) is 43.1 Å². The lowest BCUT2D eigenvalue weighted by Crippen LogP contribution is -2.10. The summed E-state index contributed by atoms with van der Waals surface area (Å²) < 4.78 is 12.7. The van der Waals surface area contributed by atoms with Gasteiger partial charge in [-0.05, 0) is 68.0 Å². The molecule has 0 aliphatic heterocycles. The summed E-state index contributed by atoms with van der Waals surface area (Å²) in [7, 11) is 3.60. The Hall–Kier alpha value is -5.54. The summed E-state index contributed by atoms with van der Waals surface area (Å²) in [5.74, 6) is 1.81. The van der Waals surface area contributed by atoms with Gasteiger partial charge in [-0.2, -0.15) is 0 Å². The van der Waals surface area contributed by atoms with Crippen molar-refractivity contribution in [2.24, 2.45) is 0 Å². The molecule has 0 aliphatic carbocycles. The van der Waals surface area contributed by atoms with Crippen LogP contribution in [0.2, 0.25) is 0 Å². The predicted molar refractivity (Wildman–Crippen MR) is 182 cm³/mol. The zero-order chi connectivity index (χ0) is 28.7. The number of ether oxygens (including phenoxy) is 2. The summed E-state index contributed by atoms with van der Waals surface area (Å²) in [5.41, 5.74) is 3.36. The third kappa shape index (κ3) is 3.14. The zero-order valence-corrected chi connectivity index (χ0v) is 23.9. The minimum atomic E-state index is 0.905. The molecule has 0 amide bonds. The van der Waals surface area contributed by atoms with Gasteiger partial charge < -0.3 is 14.4 Å². The average molecular weight is 554 g/mol. The Morgan fingerprint density at radius 1 is 0.372 bits per heavy atom. The van der Waals surface area contributed by atoms with Crippen molar-refractivity contribution in [2.75, 3.05) is 19.1 Å². The standard InChI is InChI=1S/C40H27NO2/c1-42-39-35-28-19-9-12-24-13-10-20-29(33(24)28)36(35)40(43-2)38-31-22-23-32(27-18-11-21-30(34(27)31)37(38)39)41(25-14-5-3-6-15-25)26-16-7-4-8-17-26/h3-23H,1-2H3. The van der Waals surface area contributed by atoms with Crippen LogP contribution in [0.1, 0.15) is 0 Å². The lowest BCUT2D eigenvalue weighted by atomic mass is 10.0. The summed E-state index contributed by atoms with van der Waals surface area (Å²) in [6.45, 7) is 0. The Kier molecular flexibility index (Phi) is 5.03. The van der Waals surface area contributed by atoms with E-state index in [4.69, 9.17) is 9.47 Å². The van der Waals surface area contributed by atoms with Gasteiger partial charge in [0, 0.05) is 38.3 Å². The maximum absolute atomic E-state index is 6.37. The Morgan fingerprint density at radius 3 is 1.33 bits per heavy atom. The topological polar surface area (TPSA) is 21.7 Å². The SMILES string of the molecule is COc1c2c3cccc4cccc(c2c(OC)c2c5ccc(N(c6ccccc6)c6ccccc6)c6cccc(c12)c65)c43. The van der Waals surface area contributed by atoms with Gasteiger partial charge in [0.25, 0.3) is 0 Å². The second-order valence-electron chi connectivity index (χ2n) is 11.1.